The highest BCUT2D eigenvalue weighted by Crippen LogP contribution is 2.51. The average molecular weight is 421 g/mol. The SMILES string of the molecule is C.O=C(Nc1cc(-c2ccc(CO)cc2)ccc1F)C1(c2ccc3c(c2)OCO3)CC1. The van der Waals surface area contributed by atoms with Gasteiger partial charge in [0, 0.05) is 0 Å². The molecule has 5 nitrogen and oxygen atoms in total. The number of rotatable bonds is 5. The van der Waals surface area contributed by atoms with Gasteiger partial charge in [-0.15, -0.1) is 0 Å². The van der Waals surface area contributed by atoms with Gasteiger partial charge >= 0.3 is 0 Å². The van der Waals surface area contributed by atoms with Gasteiger partial charge in [0.2, 0.25) is 12.7 Å². The Kier molecular flexibility index (Phi) is 5.41. The lowest BCUT2D eigenvalue weighted by atomic mass is 9.94. The number of hydrogen-bond donors (Lipinski definition) is 2. The minimum Gasteiger partial charge on any atom is -0.454 e. The topological polar surface area (TPSA) is 67.8 Å². The Morgan fingerprint density at radius 1 is 0.968 bits per heavy atom. The Morgan fingerprint density at radius 3 is 2.39 bits per heavy atom. The molecule has 0 bridgehead atoms. The van der Waals surface area contributed by atoms with E-state index in [-0.39, 0.29) is 32.4 Å². The second-order valence-electron chi connectivity index (χ2n) is 7.65. The van der Waals surface area contributed by atoms with Gasteiger partial charge in [-0.25, -0.2) is 4.39 Å². The molecule has 3 aromatic carbocycles. The Morgan fingerprint density at radius 2 is 1.68 bits per heavy atom. The van der Waals surface area contributed by atoms with Crippen LogP contribution in [-0.4, -0.2) is 17.8 Å². The zero-order chi connectivity index (χ0) is 20.7. The zero-order valence-electron chi connectivity index (χ0n) is 16.2. The standard InChI is InChI=1S/C24H20FNO4.CH4/c25-19-7-5-17(16-3-1-15(13-27)2-4-16)11-20(19)26-23(28)24(9-10-24)18-6-8-21-22(12-18)30-14-29-21;/h1-8,11-12,27H,9-10,13-14H2,(H,26,28);1H4. The predicted molar refractivity (Wildman–Crippen MR) is 117 cm³/mol. The molecule has 31 heavy (non-hydrogen) atoms. The summed E-state index contributed by atoms with van der Waals surface area (Å²) in [6.45, 7) is 0.141. The molecule has 5 rings (SSSR count). The Labute approximate surface area is 180 Å². The van der Waals surface area contributed by atoms with Crippen LogP contribution in [0.4, 0.5) is 10.1 Å². The number of nitrogens with one attached hydrogen (secondary N) is 1. The van der Waals surface area contributed by atoms with E-state index in [1.807, 2.05) is 42.5 Å². The van der Waals surface area contributed by atoms with Crippen molar-refractivity contribution in [3.8, 4) is 22.6 Å². The van der Waals surface area contributed by atoms with Crippen molar-refractivity contribution >= 4 is 11.6 Å². The molecule has 160 valence electrons. The first-order valence-corrected chi connectivity index (χ1v) is 9.80. The van der Waals surface area contributed by atoms with Crippen LogP contribution in [-0.2, 0) is 16.8 Å². The minimum atomic E-state index is -0.674. The summed E-state index contributed by atoms with van der Waals surface area (Å²) in [6.07, 6.45) is 1.39. The largest absolute Gasteiger partial charge is 0.454 e. The van der Waals surface area contributed by atoms with Crippen molar-refractivity contribution in [2.45, 2.75) is 32.3 Å². The third kappa shape index (κ3) is 3.75. The second-order valence-corrected chi connectivity index (χ2v) is 7.65. The highest BCUT2D eigenvalue weighted by molar-refractivity contribution is 6.02. The number of fused-ring (bicyclic) bond motifs is 1. The fourth-order valence-electron chi connectivity index (χ4n) is 3.81. The van der Waals surface area contributed by atoms with Crippen molar-refractivity contribution < 1.29 is 23.8 Å². The molecule has 0 atom stereocenters. The predicted octanol–water partition coefficient (Wildman–Crippen LogP) is 5.02. The smallest absolute Gasteiger partial charge is 0.235 e. The molecule has 0 spiro atoms. The maximum Gasteiger partial charge on any atom is 0.235 e. The van der Waals surface area contributed by atoms with E-state index in [4.69, 9.17) is 9.47 Å². The first-order valence-electron chi connectivity index (χ1n) is 9.80. The Hall–Kier alpha value is -3.38. The number of halogens is 1. The van der Waals surface area contributed by atoms with Crippen LogP contribution in [0.1, 0.15) is 31.4 Å². The third-order valence-electron chi connectivity index (χ3n) is 5.79. The van der Waals surface area contributed by atoms with E-state index in [9.17, 15) is 14.3 Å². The molecule has 1 fully saturated rings. The van der Waals surface area contributed by atoms with Crippen molar-refractivity contribution in [3.63, 3.8) is 0 Å². The van der Waals surface area contributed by atoms with Crippen molar-refractivity contribution in [2.24, 2.45) is 0 Å². The second kappa shape index (κ2) is 8.04. The van der Waals surface area contributed by atoms with Crippen molar-refractivity contribution in [1.82, 2.24) is 0 Å². The molecule has 0 radical (unpaired) electrons. The highest BCUT2D eigenvalue weighted by atomic mass is 19.1. The highest BCUT2D eigenvalue weighted by Gasteiger charge is 2.51. The van der Waals surface area contributed by atoms with E-state index in [0.717, 1.165) is 22.3 Å². The fourth-order valence-corrected chi connectivity index (χ4v) is 3.81. The summed E-state index contributed by atoms with van der Waals surface area (Å²) < 4.78 is 25.2. The maximum absolute atomic E-state index is 14.5. The number of carbonyl (C=O) groups excluding carboxylic acids is 1. The normalized spacial score (nSPS) is 15.2. The van der Waals surface area contributed by atoms with Crippen LogP contribution in [0.3, 0.4) is 0 Å². The lowest BCUT2D eigenvalue weighted by molar-refractivity contribution is -0.118. The molecule has 3 aromatic rings. The van der Waals surface area contributed by atoms with Gasteiger partial charge in [-0.2, -0.15) is 0 Å². The number of aliphatic hydroxyl groups is 1. The summed E-state index contributed by atoms with van der Waals surface area (Å²) in [6, 6.07) is 17.5. The molecule has 2 aliphatic rings. The van der Waals surface area contributed by atoms with Gasteiger partial charge in [0.05, 0.1) is 17.7 Å². The first-order chi connectivity index (χ1) is 14.6. The molecule has 1 aliphatic heterocycles. The zero-order valence-corrected chi connectivity index (χ0v) is 16.2. The number of benzene rings is 3. The quantitative estimate of drug-likeness (QED) is 0.607. The van der Waals surface area contributed by atoms with Crippen LogP contribution >= 0.6 is 0 Å². The van der Waals surface area contributed by atoms with Crippen molar-refractivity contribution in [2.75, 3.05) is 12.1 Å². The van der Waals surface area contributed by atoms with E-state index in [1.54, 1.807) is 12.1 Å². The van der Waals surface area contributed by atoms with Gasteiger partial charge in [-0.1, -0.05) is 43.8 Å². The van der Waals surface area contributed by atoms with Crippen LogP contribution in [0.25, 0.3) is 11.1 Å². The molecule has 2 N–H and O–H groups in total. The van der Waals surface area contributed by atoms with Gasteiger partial charge < -0.3 is 19.9 Å². The third-order valence-corrected chi connectivity index (χ3v) is 5.79. The average Bonchev–Trinajstić information content (AvgIpc) is 3.46. The van der Waals surface area contributed by atoms with E-state index in [2.05, 4.69) is 5.32 Å². The molecule has 6 heteroatoms. The van der Waals surface area contributed by atoms with Crippen LogP contribution < -0.4 is 14.8 Å². The monoisotopic (exact) mass is 421 g/mol. The van der Waals surface area contributed by atoms with Crippen LogP contribution in [0.2, 0.25) is 0 Å². The summed E-state index contributed by atoms with van der Waals surface area (Å²) in [7, 11) is 0. The maximum atomic E-state index is 14.5. The van der Waals surface area contributed by atoms with Gasteiger partial charge in [0.25, 0.3) is 0 Å². The lowest BCUT2D eigenvalue weighted by Gasteiger charge is -2.17. The van der Waals surface area contributed by atoms with Gasteiger partial charge in [0.1, 0.15) is 5.82 Å². The van der Waals surface area contributed by atoms with E-state index in [1.165, 1.54) is 6.07 Å². The molecular formula is C25H24FNO4. The molecule has 1 aliphatic carbocycles. The number of ether oxygens (including phenoxy) is 2. The van der Waals surface area contributed by atoms with E-state index < -0.39 is 11.2 Å². The summed E-state index contributed by atoms with van der Waals surface area (Å²) in [5.41, 5.74) is 2.78. The fraction of sp³-hybridized carbons (Fsp3) is 0.240. The molecule has 0 unspecified atom stereocenters. The molecule has 1 saturated carbocycles. The molecule has 0 aromatic heterocycles. The summed E-state index contributed by atoms with van der Waals surface area (Å²) >= 11 is 0. The summed E-state index contributed by atoms with van der Waals surface area (Å²) in [5, 5.41) is 12.0. The number of anilines is 1. The summed E-state index contributed by atoms with van der Waals surface area (Å²) in [4.78, 5) is 13.1. The Bertz CT molecular complexity index is 1120. The molecule has 1 amide bonds. The number of carbonyl (C=O) groups is 1. The Balaban J connectivity index is 0.00000231. The van der Waals surface area contributed by atoms with E-state index >= 15 is 0 Å². The van der Waals surface area contributed by atoms with Crippen molar-refractivity contribution in [1.29, 1.82) is 0 Å². The molecule has 1 heterocycles. The number of aliphatic hydroxyl groups excluding tert-OH is 1. The van der Waals surface area contributed by atoms with Gasteiger partial charge in [0.15, 0.2) is 11.5 Å². The van der Waals surface area contributed by atoms with Gasteiger partial charge in [-0.05, 0) is 59.4 Å². The van der Waals surface area contributed by atoms with Crippen LogP contribution in [0.5, 0.6) is 11.5 Å². The van der Waals surface area contributed by atoms with Crippen molar-refractivity contribution in [3.05, 3.63) is 77.6 Å². The van der Waals surface area contributed by atoms with Gasteiger partial charge in [-0.3, -0.25) is 4.79 Å². The number of amides is 1. The number of hydrogen-bond acceptors (Lipinski definition) is 4. The van der Waals surface area contributed by atoms with E-state index in [0.29, 0.717) is 24.3 Å². The molecule has 0 saturated heterocycles. The molecular weight excluding hydrogens is 397 g/mol. The minimum absolute atomic E-state index is 0. The lowest BCUT2D eigenvalue weighted by Crippen LogP contribution is -2.28. The van der Waals surface area contributed by atoms with Crippen LogP contribution in [0.15, 0.2) is 60.7 Å². The summed E-state index contributed by atoms with van der Waals surface area (Å²) in [5.74, 6) is 0.584. The first kappa shape index (κ1) is 20.9. The van der Waals surface area contributed by atoms with Crippen LogP contribution in [0, 0.1) is 5.82 Å².